The van der Waals surface area contributed by atoms with E-state index in [2.05, 4.69) is 33.5 Å². The van der Waals surface area contributed by atoms with E-state index in [1.165, 1.54) is 18.0 Å². The van der Waals surface area contributed by atoms with Crippen LogP contribution in [0, 0.1) is 19.7 Å². The van der Waals surface area contributed by atoms with Crippen molar-refractivity contribution in [1.29, 1.82) is 0 Å². The van der Waals surface area contributed by atoms with Crippen molar-refractivity contribution in [2.24, 2.45) is 0 Å². The molecule has 5 rings (SSSR count). The minimum absolute atomic E-state index is 0.199. The quantitative estimate of drug-likeness (QED) is 0.195. The zero-order chi connectivity index (χ0) is 25.9. The molecule has 37 heavy (non-hydrogen) atoms. The fourth-order valence-corrected chi connectivity index (χ4v) is 5.55. The van der Waals surface area contributed by atoms with Gasteiger partial charge in [0.15, 0.2) is 11.6 Å². The Bertz CT molecular complexity index is 1420. The number of ketones is 1. The third kappa shape index (κ3) is 5.34. The molecule has 0 aliphatic heterocycles. The molecule has 0 amide bonds. The van der Waals surface area contributed by atoms with Gasteiger partial charge in [0, 0.05) is 29.8 Å². The highest BCUT2D eigenvalue weighted by atomic mass is 32.2. The topological polar surface area (TPSA) is 73.0 Å². The first-order chi connectivity index (χ1) is 17.9. The summed E-state index contributed by atoms with van der Waals surface area (Å²) in [6.07, 6.45) is 5.21. The molecule has 0 unspecified atom stereocenters. The summed E-state index contributed by atoms with van der Waals surface area (Å²) in [5, 5.41) is 4.05. The maximum Gasteiger partial charge on any atom is 0.182 e. The fraction of sp³-hybridized carbons (Fsp3) is 0.345. The molecule has 0 atom stereocenters. The zero-order valence-electron chi connectivity index (χ0n) is 21.4. The molecular weight excluding hydrogens is 487 g/mol. The van der Waals surface area contributed by atoms with Gasteiger partial charge in [-0.2, -0.15) is 0 Å². The number of hydrogen-bond donors (Lipinski definition) is 1. The van der Waals surface area contributed by atoms with Crippen molar-refractivity contribution >= 4 is 23.5 Å². The number of anilines is 1. The molecule has 0 saturated carbocycles. The monoisotopic (exact) mass is 518 g/mol. The number of carbonyl (C=O) groups excluding carboxylic acids is 1. The zero-order valence-corrected chi connectivity index (χ0v) is 22.3. The van der Waals surface area contributed by atoms with Crippen LogP contribution in [-0.2, 0) is 19.4 Å². The number of aryl methyl sites for hydroxylation is 3. The molecule has 2 heterocycles. The number of rotatable bonds is 8. The molecule has 0 spiro atoms. The number of fused-ring (bicyclic) bond motifs is 1. The molecule has 2 aromatic heterocycles. The van der Waals surface area contributed by atoms with Gasteiger partial charge < -0.3 is 13.8 Å². The van der Waals surface area contributed by atoms with E-state index in [0.717, 1.165) is 82.2 Å². The Morgan fingerprint density at radius 2 is 1.89 bits per heavy atom. The van der Waals surface area contributed by atoms with Crippen LogP contribution in [0.2, 0.25) is 0 Å². The van der Waals surface area contributed by atoms with Gasteiger partial charge in [-0.05, 0) is 86.4 Å². The first-order valence-electron chi connectivity index (χ1n) is 12.8. The van der Waals surface area contributed by atoms with Gasteiger partial charge in [-0.25, -0.2) is 9.37 Å². The molecule has 6 nitrogen and oxygen atoms in total. The van der Waals surface area contributed by atoms with Crippen molar-refractivity contribution in [2.75, 3.05) is 4.72 Å². The number of aromatic nitrogens is 3. The molecule has 1 aliphatic rings. The highest BCUT2D eigenvalue weighted by molar-refractivity contribution is 8.00. The molecule has 0 radical (unpaired) electrons. The first-order valence-corrected chi connectivity index (χ1v) is 13.6. The van der Waals surface area contributed by atoms with Gasteiger partial charge in [-0.1, -0.05) is 36.3 Å². The molecule has 192 valence electrons. The predicted octanol–water partition coefficient (Wildman–Crippen LogP) is 7.32. The summed E-state index contributed by atoms with van der Waals surface area (Å²) in [6.45, 7) is 6.54. The molecule has 0 fully saturated rings. The molecular formula is C29H31FN4O2S. The Balaban J connectivity index is 1.40. The average molecular weight is 519 g/mol. The lowest BCUT2D eigenvalue weighted by Gasteiger charge is -2.13. The predicted molar refractivity (Wildman–Crippen MR) is 145 cm³/mol. The van der Waals surface area contributed by atoms with Crippen molar-refractivity contribution in [1.82, 2.24) is 14.7 Å². The number of nitrogens with one attached hydrogen (secondary N) is 1. The van der Waals surface area contributed by atoms with Crippen LogP contribution in [0.5, 0.6) is 0 Å². The first kappa shape index (κ1) is 25.3. The number of hydrogen-bond acceptors (Lipinski definition) is 6. The Morgan fingerprint density at radius 1 is 1.11 bits per heavy atom. The highest BCUT2D eigenvalue weighted by Gasteiger charge is 2.24. The smallest absolute Gasteiger partial charge is 0.182 e. The van der Waals surface area contributed by atoms with Gasteiger partial charge in [-0.3, -0.25) is 4.79 Å². The summed E-state index contributed by atoms with van der Waals surface area (Å²) in [5.41, 5.74) is 5.47. The summed E-state index contributed by atoms with van der Waals surface area (Å²) in [7, 11) is 0. The highest BCUT2D eigenvalue weighted by Crippen LogP contribution is 2.34. The van der Waals surface area contributed by atoms with E-state index in [1.54, 1.807) is 12.1 Å². The minimum Gasteiger partial charge on any atom is -0.359 e. The SMILES string of the molecule is CCCc1nc2c(n1Cc1ccc(-c3cc(F)ccc3SNc3noc(C)c3C)cc1)C(=O)CCCC2. The van der Waals surface area contributed by atoms with Gasteiger partial charge in [0.1, 0.15) is 23.1 Å². The average Bonchev–Trinajstić information content (AvgIpc) is 3.33. The molecule has 2 aromatic carbocycles. The molecule has 8 heteroatoms. The second-order valence-electron chi connectivity index (χ2n) is 9.54. The third-order valence-corrected chi connectivity index (χ3v) is 7.76. The van der Waals surface area contributed by atoms with Crippen molar-refractivity contribution in [3.05, 3.63) is 82.4 Å². The van der Waals surface area contributed by atoms with Gasteiger partial charge in [0.25, 0.3) is 0 Å². The summed E-state index contributed by atoms with van der Waals surface area (Å²) in [6, 6.07) is 12.9. The van der Waals surface area contributed by atoms with Crippen molar-refractivity contribution < 1.29 is 13.7 Å². The van der Waals surface area contributed by atoms with E-state index in [4.69, 9.17) is 9.51 Å². The lowest BCUT2D eigenvalue weighted by molar-refractivity contribution is 0.0973. The Morgan fingerprint density at radius 3 is 2.62 bits per heavy atom. The van der Waals surface area contributed by atoms with E-state index in [0.29, 0.717) is 18.8 Å². The summed E-state index contributed by atoms with van der Waals surface area (Å²) < 4.78 is 24.8. The summed E-state index contributed by atoms with van der Waals surface area (Å²) >= 11 is 1.38. The van der Waals surface area contributed by atoms with Gasteiger partial charge >= 0.3 is 0 Å². The molecule has 0 saturated heterocycles. The van der Waals surface area contributed by atoms with Crippen LogP contribution < -0.4 is 4.72 Å². The van der Waals surface area contributed by atoms with Crippen LogP contribution in [0.25, 0.3) is 11.1 Å². The standard InChI is InChI=1S/C29H31FN4O2S/c1-4-7-27-31-24-8-5-6-9-25(35)28(24)34(27)17-20-10-12-21(13-11-20)23-16-22(30)14-15-26(23)37-33-29-18(2)19(3)36-32-29/h10-16H,4-9,17H2,1-3H3,(H,32,33). The van der Waals surface area contributed by atoms with Crippen LogP contribution in [0.1, 0.15) is 71.5 Å². The lowest BCUT2D eigenvalue weighted by atomic mass is 10.0. The second kappa shape index (κ2) is 10.9. The minimum atomic E-state index is -0.291. The molecule has 0 bridgehead atoms. The number of benzene rings is 2. The van der Waals surface area contributed by atoms with Crippen molar-refractivity contribution in [3.63, 3.8) is 0 Å². The Kier molecular flexibility index (Phi) is 7.46. The number of nitrogens with zero attached hydrogens (tertiary/aromatic N) is 3. The van der Waals surface area contributed by atoms with Gasteiger partial charge in [0.2, 0.25) is 0 Å². The van der Waals surface area contributed by atoms with E-state index >= 15 is 0 Å². The van der Waals surface area contributed by atoms with E-state index in [-0.39, 0.29) is 11.6 Å². The molecule has 1 aliphatic carbocycles. The van der Waals surface area contributed by atoms with E-state index in [9.17, 15) is 9.18 Å². The van der Waals surface area contributed by atoms with Crippen LogP contribution >= 0.6 is 11.9 Å². The van der Waals surface area contributed by atoms with Crippen LogP contribution in [0.3, 0.4) is 0 Å². The van der Waals surface area contributed by atoms with Gasteiger partial charge in [0.05, 0.1) is 5.69 Å². The van der Waals surface area contributed by atoms with Gasteiger partial charge in [-0.15, -0.1) is 0 Å². The van der Waals surface area contributed by atoms with Crippen molar-refractivity contribution in [3.8, 4) is 11.1 Å². The number of carbonyl (C=O) groups is 1. The second-order valence-corrected chi connectivity index (χ2v) is 10.4. The van der Waals surface area contributed by atoms with E-state index in [1.807, 2.05) is 26.0 Å². The van der Waals surface area contributed by atoms with E-state index < -0.39 is 0 Å². The maximum absolute atomic E-state index is 14.2. The lowest BCUT2D eigenvalue weighted by Crippen LogP contribution is -2.13. The van der Waals surface area contributed by atoms with Crippen LogP contribution in [0.15, 0.2) is 51.9 Å². The van der Waals surface area contributed by atoms with Crippen LogP contribution in [0.4, 0.5) is 10.2 Å². The third-order valence-electron chi connectivity index (χ3n) is 6.89. The molecule has 1 N–H and O–H groups in total. The van der Waals surface area contributed by atoms with Crippen LogP contribution in [-0.4, -0.2) is 20.5 Å². The summed E-state index contributed by atoms with van der Waals surface area (Å²) in [5.74, 6) is 2.31. The fourth-order valence-electron chi connectivity index (χ4n) is 4.73. The maximum atomic E-state index is 14.2. The largest absolute Gasteiger partial charge is 0.359 e. The number of imidazole rings is 1. The molecule has 4 aromatic rings. The Hall–Kier alpha value is -3.39. The van der Waals surface area contributed by atoms with Crippen molar-refractivity contribution in [2.45, 2.75) is 70.7 Å². The number of halogens is 1. The Labute approximate surface area is 220 Å². The number of Topliss-reactive ketones (excluding diaryl/α,β-unsaturated/α-hetero) is 1. The summed E-state index contributed by atoms with van der Waals surface area (Å²) in [4.78, 5) is 18.7. The normalized spacial score (nSPS) is 13.5.